The van der Waals surface area contributed by atoms with Gasteiger partial charge in [0.1, 0.15) is 0 Å². The van der Waals surface area contributed by atoms with Gasteiger partial charge in [0.25, 0.3) is 0 Å². The summed E-state index contributed by atoms with van der Waals surface area (Å²) in [6.07, 6.45) is 2.04. The van der Waals surface area contributed by atoms with E-state index in [9.17, 15) is 0 Å². The van der Waals surface area contributed by atoms with Crippen molar-refractivity contribution in [3.8, 4) is 0 Å². The molecule has 0 aliphatic heterocycles. The lowest BCUT2D eigenvalue weighted by Gasteiger charge is -2.33. The zero-order chi connectivity index (χ0) is 13.8. The van der Waals surface area contributed by atoms with Gasteiger partial charge in [0.2, 0.25) is 0 Å². The average Bonchev–Trinajstić information content (AvgIpc) is 2.23. The highest BCUT2D eigenvalue weighted by Crippen LogP contribution is 2.36. The number of hydrogen-bond acceptors (Lipinski definition) is 2. The highest BCUT2D eigenvalue weighted by atomic mass is 16.6. The summed E-state index contributed by atoms with van der Waals surface area (Å²) in [4.78, 5) is 4.61. The second kappa shape index (κ2) is 5.85. The summed E-state index contributed by atoms with van der Waals surface area (Å²) in [6.45, 7) is 12.1. The summed E-state index contributed by atoms with van der Waals surface area (Å²) in [5.74, 6) is 5.04. The Morgan fingerprint density at radius 3 is 2.00 bits per heavy atom. The second-order valence-corrected chi connectivity index (χ2v) is 6.94. The Balaban J connectivity index is 2.77. The third-order valence-electron chi connectivity index (χ3n) is 3.22. The molecule has 0 amide bonds. The van der Waals surface area contributed by atoms with Gasteiger partial charge in [0, 0.05) is 0 Å². The first-order valence-corrected chi connectivity index (χ1v) is 6.66. The number of rotatable bonds is 5. The van der Waals surface area contributed by atoms with Crippen LogP contribution in [0.4, 0.5) is 0 Å². The van der Waals surface area contributed by atoms with Gasteiger partial charge in [-0.25, -0.2) is 5.90 Å². The molecular formula is C16H27NO. The van der Waals surface area contributed by atoms with Crippen LogP contribution in [0.5, 0.6) is 0 Å². The fraction of sp³-hybridized carbons (Fsp3) is 0.625. The van der Waals surface area contributed by atoms with E-state index in [1.807, 2.05) is 0 Å². The highest BCUT2D eigenvalue weighted by molar-refractivity contribution is 5.28. The van der Waals surface area contributed by atoms with Crippen LogP contribution in [-0.2, 0) is 16.7 Å². The van der Waals surface area contributed by atoms with Crippen LogP contribution in [0, 0.1) is 5.41 Å². The molecule has 18 heavy (non-hydrogen) atoms. The SMILES string of the molecule is CC(C)(C)CC(C)(C)c1ccc(CCON)cc1. The van der Waals surface area contributed by atoms with E-state index in [4.69, 9.17) is 5.90 Å². The molecular weight excluding hydrogens is 222 g/mol. The average molecular weight is 249 g/mol. The third-order valence-corrected chi connectivity index (χ3v) is 3.22. The molecule has 0 fully saturated rings. The van der Waals surface area contributed by atoms with Crippen molar-refractivity contribution in [2.24, 2.45) is 11.3 Å². The fourth-order valence-corrected chi connectivity index (χ4v) is 2.73. The molecule has 0 saturated heterocycles. The van der Waals surface area contributed by atoms with Gasteiger partial charge < -0.3 is 4.84 Å². The molecule has 0 spiro atoms. The van der Waals surface area contributed by atoms with Gasteiger partial charge >= 0.3 is 0 Å². The van der Waals surface area contributed by atoms with Gasteiger partial charge in [-0.2, -0.15) is 0 Å². The number of benzene rings is 1. The van der Waals surface area contributed by atoms with Gasteiger partial charge in [-0.05, 0) is 34.8 Å². The zero-order valence-corrected chi connectivity index (χ0v) is 12.4. The van der Waals surface area contributed by atoms with E-state index in [0.717, 1.165) is 6.42 Å². The van der Waals surface area contributed by atoms with E-state index in [-0.39, 0.29) is 5.41 Å². The first kappa shape index (κ1) is 15.2. The Morgan fingerprint density at radius 2 is 1.56 bits per heavy atom. The van der Waals surface area contributed by atoms with Crippen molar-refractivity contribution >= 4 is 0 Å². The smallest absolute Gasteiger partial charge is 0.0719 e. The van der Waals surface area contributed by atoms with Crippen molar-refractivity contribution in [1.29, 1.82) is 0 Å². The summed E-state index contributed by atoms with van der Waals surface area (Å²) < 4.78 is 0. The lowest BCUT2D eigenvalue weighted by molar-refractivity contribution is 0.141. The van der Waals surface area contributed by atoms with Crippen LogP contribution in [0.1, 0.15) is 52.2 Å². The second-order valence-electron chi connectivity index (χ2n) is 6.94. The molecule has 0 aliphatic rings. The van der Waals surface area contributed by atoms with Gasteiger partial charge in [-0.3, -0.25) is 0 Å². The number of hydrogen-bond donors (Lipinski definition) is 1. The van der Waals surface area contributed by atoms with Gasteiger partial charge in [-0.15, -0.1) is 0 Å². The molecule has 1 aromatic rings. The summed E-state index contributed by atoms with van der Waals surface area (Å²) in [5.41, 5.74) is 3.22. The van der Waals surface area contributed by atoms with Gasteiger partial charge in [0.05, 0.1) is 6.61 Å². The molecule has 0 saturated carbocycles. The fourth-order valence-electron chi connectivity index (χ4n) is 2.73. The minimum absolute atomic E-state index is 0.209. The Bertz CT molecular complexity index is 360. The summed E-state index contributed by atoms with van der Waals surface area (Å²) in [7, 11) is 0. The van der Waals surface area contributed by atoms with Crippen molar-refractivity contribution in [3.63, 3.8) is 0 Å². The van der Waals surface area contributed by atoms with Crippen LogP contribution < -0.4 is 5.90 Å². The van der Waals surface area contributed by atoms with Crippen molar-refractivity contribution < 1.29 is 4.84 Å². The molecule has 2 N–H and O–H groups in total. The van der Waals surface area contributed by atoms with Crippen LogP contribution >= 0.6 is 0 Å². The van der Waals surface area contributed by atoms with Gasteiger partial charge in [0.15, 0.2) is 0 Å². The van der Waals surface area contributed by atoms with Crippen molar-refractivity contribution in [1.82, 2.24) is 0 Å². The predicted octanol–water partition coefficient (Wildman–Crippen LogP) is 3.83. The standard InChI is InChI=1S/C16H27NO/c1-15(2,3)12-16(4,5)14-8-6-13(7-9-14)10-11-18-17/h6-9H,10-12,17H2,1-5H3. The van der Waals surface area contributed by atoms with Gasteiger partial charge in [-0.1, -0.05) is 58.9 Å². The van der Waals surface area contributed by atoms with Crippen LogP contribution in [-0.4, -0.2) is 6.61 Å². The molecule has 2 heteroatoms. The lowest BCUT2D eigenvalue weighted by atomic mass is 9.72. The van der Waals surface area contributed by atoms with Crippen LogP contribution in [0.15, 0.2) is 24.3 Å². The highest BCUT2D eigenvalue weighted by Gasteiger charge is 2.26. The Labute approximate surface area is 111 Å². The first-order valence-electron chi connectivity index (χ1n) is 6.66. The molecule has 1 aromatic carbocycles. The van der Waals surface area contributed by atoms with E-state index in [2.05, 4.69) is 63.7 Å². The quantitative estimate of drug-likeness (QED) is 0.805. The normalized spacial score (nSPS) is 12.8. The van der Waals surface area contributed by atoms with E-state index >= 15 is 0 Å². The third kappa shape index (κ3) is 4.79. The Kier molecular flexibility index (Phi) is 4.94. The maximum absolute atomic E-state index is 5.04. The minimum Gasteiger partial charge on any atom is -0.304 e. The molecule has 0 heterocycles. The van der Waals surface area contributed by atoms with Crippen LogP contribution in [0.3, 0.4) is 0 Å². The molecule has 0 aliphatic carbocycles. The topological polar surface area (TPSA) is 35.2 Å². The maximum Gasteiger partial charge on any atom is 0.0719 e. The van der Waals surface area contributed by atoms with E-state index in [1.165, 1.54) is 17.5 Å². The molecule has 0 aromatic heterocycles. The van der Waals surface area contributed by atoms with E-state index < -0.39 is 0 Å². The largest absolute Gasteiger partial charge is 0.304 e. The Morgan fingerprint density at radius 1 is 1.00 bits per heavy atom. The summed E-state index contributed by atoms with van der Waals surface area (Å²) >= 11 is 0. The molecule has 0 atom stereocenters. The molecule has 102 valence electrons. The molecule has 0 bridgehead atoms. The van der Waals surface area contributed by atoms with Crippen molar-refractivity contribution in [3.05, 3.63) is 35.4 Å². The van der Waals surface area contributed by atoms with Crippen molar-refractivity contribution in [2.45, 2.75) is 52.9 Å². The molecule has 2 nitrogen and oxygen atoms in total. The predicted molar refractivity (Wildman–Crippen MR) is 77.4 cm³/mol. The lowest BCUT2D eigenvalue weighted by Crippen LogP contribution is -2.24. The van der Waals surface area contributed by atoms with E-state index in [0.29, 0.717) is 12.0 Å². The maximum atomic E-state index is 5.04. The molecule has 0 radical (unpaired) electrons. The van der Waals surface area contributed by atoms with Crippen molar-refractivity contribution in [2.75, 3.05) is 6.61 Å². The first-order chi connectivity index (χ1) is 8.24. The molecule has 1 rings (SSSR count). The van der Waals surface area contributed by atoms with Crippen LogP contribution in [0.2, 0.25) is 0 Å². The summed E-state index contributed by atoms with van der Waals surface area (Å²) in [5, 5.41) is 0. The number of nitrogens with two attached hydrogens (primary N) is 1. The zero-order valence-electron chi connectivity index (χ0n) is 12.4. The monoisotopic (exact) mass is 249 g/mol. The molecule has 0 unspecified atom stereocenters. The minimum atomic E-state index is 0.209. The summed E-state index contributed by atoms with van der Waals surface area (Å²) in [6, 6.07) is 8.83. The Hall–Kier alpha value is -0.860. The van der Waals surface area contributed by atoms with Crippen LogP contribution in [0.25, 0.3) is 0 Å². The van der Waals surface area contributed by atoms with E-state index in [1.54, 1.807) is 0 Å².